The van der Waals surface area contributed by atoms with E-state index in [9.17, 15) is 4.79 Å². The fraction of sp³-hybridized carbons (Fsp3) is 0.0556. The van der Waals surface area contributed by atoms with Crippen LogP contribution in [0, 0.1) is 0 Å². The van der Waals surface area contributed by atoms with Crippen LogP contribution in [0.5, 0.6) is 5.75 Å². The highest BCUT2D eigenvalue weighted by molar-refractivity contribution is 6.30. The summed E-state index contributed by atoms with van der Waals surface area (Å²) in [5.74, 6) is 0.544. The first-order chi connectivity index (χ1) is 10.3. The molecule has 0 amide bonds. The zero-order chi connectivity index (χ0) is 14.7. The molecule has 0 N–H and O–H groups in total. The van der Waals surface area contributed by atoms with Crippen molar-refractivity contribution >= 4 is 28.7 Å². The van der Waals surface area contributed by atoms with Crippen molar-refractivity contribution in [1.82, 2.24) is 0 Å². The van der Waals surface area contributed by atoms with Gasteiger partial charge in [0.1, 0.15) is 12.4 Å². The van der Waals surface area contributed by atoms with Crippen LogP contribution < -0.4 is 4.74 Å². The Morgan fingerprint density at radius 2 is 1.81 bits per heavy atom. The summed E-state index contributed by atoms with van der Waals surface area (Å²) in [5.41, 5.74) is 1.54. The Labute approximate surface area is 127 Å². The maximum Gasteiger partial charge on any atom is 0.153 e. The monoisotopic (exact) mass is 296 g/mol. The van der Waals surface area contributed by atoms with Crippen molar-refractivity contribution in [3.8, 4) is 5.75 Å². The van der Waals surface area contributed by atoms with Crippen LogP contribution in [-0.2, 0) is 6.61 Å². The first-order valence-electron chi connectivity index (χ1n) is 6.62. The van der Waals surface area contributed by atoms with E-state index < -0.39 is 0 Å². The van der Waals surface area contributed by atoms with Crippen LogP contribution in [0.2, 0.25) is 5.02 Å². The van der Waals surface area contributed by atoms with Crippen LogP contribution in [0.3, 0.4) is 0 Å². The molecule has 0 aromatic heterocycles. The van der Waals surface area contributed by atoms with E-state index in [-0.39, 0.29) is 0 Å². The third-order valence-electron chi connectivity index (χ3n) is 3.36. The summed E-state index contributed by atoms with van der Waals surface area (Å²) in [6, 6.07) is 19.3. The second-order valence-corrected chi connectivity index (χ2v) is 5.16. The summed E-state index contributed by atoms with van der Waals surface area (Å²) in [5, 5.41) is 2.85. The highest BCUT2D eigenvalue weighted by Gasteiger charge is 2.06. The van der Waals surface area contributed by atoms with E-state index in [0.717, 1.165) is 17.2 Å². The number of ether oxygens (including phenoxy) is 1. The summed E-state index contributed by atoms with van der Waals surface area (Å²) in [7, 11) is 0. The molecule has 0 saturated heterocycles. The van der Waals surface area contributed by atoms with Crippen molar-refractivity contribution in [3.05, 3.63) is 76.8 Å². The van der Waals surface area contributed by atoms with E-state index >= 15 is 0 Å². The molecule has 0 spiro atoms. The average molecular weight is 297 g/mol. The molecule has 0 aliphatic carbocycles. The SMILES string of the molecule is O=Cc1cc(Cl)ccc1OCc1cccc2ccccc12. The summed E-state index contributed by atoms with van der Waals surface area (Å²) in [6.07, 6.45) is 0.754. The molecule has 0 saturated carbocycles. The number of carbonyl (C=O) groups is 1. The van der Waals surface area contributed by atoms with Crippen LogP contribution >= 0.6 is 11.6 Å². The lowest BCUT2D eigenvalue weighted by molar-refractivity contribution is 0.111. The minimum absolute atomic E-state index is 0.407. The molecule has 104 valence electrons. The molecular formula is C18H13ClO2. The topological polar surface area (TPSA) is 26.3 Å². The minimum Gasteiger partial charge on any atom is -0.488 e. The normalized spacial score (nSPS) is 10.5. The Kier molecular flexibility index (Phi) is 3.89. The van der Waals surface area contributed by atoms with Crippen LogP contribution in [-0.4, -0.2) is 6.29 Å². The zero-order valence-electron chi connectivity index (χ0n) is 11.3. The molecule has 0 atom stereocenters. The third-order valence-corrected chi connectivity index (χ3v) is 3.60. The lowest BCUT2D eigenvalue weighted by Gasteiger charge is -2.10. The van der Waals surface area contributed by atoms with Gasteiger partial charge in [0.15, 0.2) is 6.29 Å². The number of halogens is 1. The summed E-state index contributed by atoms with van der Waals surface area (Å²) in [4.78, 5) is 11.1. The third kappa shape index (κ3) is 2.91. The molecule has 3 rings (SSSR count). The van der Waals surface area contributed by atoms with Gasteiger partial charge in [-0.15, -0.1) is 0 Å². The number of aldehydes is 1. The number of carbonyl (C=O) groups excluding carboxylic acids is 1. The van der Waals surface area contributed by atoms with Crippen LogP contribution in [0.25, 0.3) is 10.8 Å². The Morgan fingerprint density at radius 1 is 1.00 bits per heavy atom. The van der Waals surface area contributed by atoms with Gasteiger partial charge in [0, 0.05) is 5.02 Å². The second kappa shape index (κ2) is 5.98. The summed E-state index contributed by atoms with van der Waals surface area (Å²) >= 11 is 5.88. The Morgan fingerprint density at radius 3 is 2.67 bits per heavy atom. The van der Waals surface area contributed by atoms with Gasteiger partial charge in [0.05, 0.1) is 5.56 Å². The number of hydrogen-bond donors (Lipinski definition) is 0. The Bertz CT molecular complexity index is 791. The molecule has 0 aliphatic heterocycles. The van der Waals surface area contributed by atoms with Crippen molar-refractivity contribution in [2.75, 3.05) is 0 Å². The lowest BCUT2D eigenvalue weighted by atomic mass is 10.1. The molecule has 0 bridgehead atoms. The average Bonchev–Trinajstić information content (AvgIpc) is 2.53. The molecule has 21 heavy (non-hydrogen) atoms. The highest BCUT2D eigenvalue weighted by atomic mass is 35.5. The van der Waals surface area contributed by atoms with Gasteiger partial charge in [0.2, 0.25) is 0 Å². The van der Waals surface area contributed by atoms with Crippen molar-refractivity contribution in [1.29, 1.82) is 0 Å². The molecule has 3 heteroatoms. The first-order valence-corrected chi connectivity index (χ1v) is 7.00. The van der Waals surface area contributed by atoms with Gasteiger partial charge in [-0.1, -0.05) is 54.1 Å². The van der Waals surface area contributed by atoms with Gasteiger partial charge >= 0.3 is 0 Å². The number of rotatable bonds is 4. The van der Waals surface area contributed by atoms with E-state index in [4.69, 9.17) is 16.3 Å². The molecule has 0 aliphatic rings. The van der Waals surface area contributed by atoms with Crippen LogP contribution in [0.15, 0.2) is 60.7 Å². The van der Waals surface area contributed by atoms with Gasteiger partial charge in [-0.3, -0.25) is 4.79 Å². The van der Waals surface area contributed by atoms with Crippen molar-refractivity contribution in [2.24, 2.45) is 0 Å². The fourth-order valence-corrected chi connectivity index (χ4v) is 2.50. The molecule has 2 nitrogen and oxygen atoms in total. The van der Waals surface area contributed by atoms with Crippen molar-refractivity contribution < 1.29 is 9.53 Å². The van der Waals surface area contributed by atoms with E-state index in [2.05, 4.69) is 18.2 Å². The highest BCUT2D eigenvalue weighted by Crippen LogP contribution is 2.24. The molecule has 3 aromatic rings. The zero-order valence-corrected chi connectivity index (χ0v) is 12.0. The standard InChI is InChI=1S/C18H13ClO2/c19-16-8-9-18(15(10-16)11-20)21-12-14-6-3-5-13-4-1-2-7-17(13)14/h1-11H,12H2. The lowest BCUT2D eigenvalue weighted by Crippen LogP contribution is -1.99. The predicted octanol–water partition coefficient (Wildman–Crippen LogP) is 4.88. The molecule has 0 fully saturated rings. The van der Waals surface area contributed by atoms with Crippen molar-refractivity contribution in [3.63, 3.8) is 0 Å². The first kappa shape index (κ1) is 13.7. The van der Waals surface area contributed by atoms with Gasteiger partial charge in [-0.05, 0) is 34.5 Å². The number of hydrogen-bond acceptors (Lipinski definition) is 2. The molecule has 3 aromatic carbocycles. The summed E-state index contributed by atoms with van der Waals surface area (Å²) < 4.78 is 5.79. The van der Waals surface area contributed by atoms with Gasteiger partial charge in [0.25, 0.3) is 0 Å². The quantitative estimate of drug-likeness (QED) is 0.641. The fourth-order valence-electron chi connectivity index (χ4n) is 2.32. The van der Waals surface area contributed by atoms with Crippen LogP contribution in [0.1, 0.15) is 15.9 Å². The molecule has 0 unspecified atom stereocenters. The predicted molar refractivity (Wildman–Crippen MR) is 85.1 cm³/mol. The van der Waals surface area contributed by atoms with E-state index in [1.54, 1.807) is 18.2 Å². The molecule has 0 heterocycles. The molecular weight excluding hydrogens is 284 g/mol. The van der Waals surface area contributed by atoms with E-state index in [1.165, 1.54) is 5.39 Å². The van der Waals surface area contributed by atoms with Gasteiger partial charge in [-0.25, -0.2) is 0 Å². The largest absolute Gasteiger partial charge is 0.488 e. The minimum atomic E-state index is 0.407. The van der Waals surface area contributed by atoms with E-state index in [1.807, 2.05) is 24.3 Å². The van der Waals surface area contributed by atoms with E-state index in [0.29, 0.717) is 22.9 Å². The molecule has 0 radical (unpaired) electrons. The maximum absolute atomic E-state index is 11.1. The number of benzene rings is 3. The van der Waals surface area contributed by atoms with Gasteiger partial charge < -0.3 is 4.74 Å². The Balaban J connectivity index is 1.89. The van der Waals surface area contributed by atoms with Gasteiger partial charge in [-0.2, -0.15) is 0 Å². The second-order valence-electron chi connectivity index (χ2n) is 4.73. The summed E-state index contributed by atoms with van der Waals surface area (Å²) in [6.45, 7) is 0.407. The number of fused-ring (bicyclic) bond motifs is 1. The smallest absolute Gasteiger partial charge is 0.153 e. The van der Waals surface area contributed by atoms with Crippen LogP contribution in [0.4, 0.5) is 0 Å². The Hall–Kier alpha value is -2.32. The van der Waals surface area contributed by atoms with Crippen molar-refractivity contribution in [2.45, 2.75) is 6.61 Å². The maximum atomic E-state index is 11.1.